The van der Waals surface area contributed by atoms with Crippen molar-refractivity contribution in [2.24, 2.45) is 35.5 Å². The maximum absolute atomic E-state index is 3.89. The van der Waals surface area contributed by atoms with Gasteiger partial charge < -0.3 is 0 Å². The van der Waals surface area contributed by atoms with Gasteiger partial charge in [0.1, 0.15) is 0 Å². The van der Waals surface area contributed by atoms with Crippen LogP contribution < -0.4 is 0 Å². The van der Waals surface area contributed by atoms with Crippen molar-refractivity contribution in [2.75, 3.05) is 10.7 Å². The Kier molecular flexibility index (Phi) is 20.1. The van der Waals surface area contributed by atoms with Crippen LogP contribution in [0.15, 0.2) is 50.6 Å². The Morgan fingerprint density at radius 3 is 1.38 bits per heavy atom. The van der Waals surface area contributed by atoms with Crippen molar-refractivity contribution in [1.82, 2.24) is 0 Å². The Balaban J connectivity index is -0.000000366. The summed E-state index contributed by atoms with van der Waals surface area (Å²) in [4.78, 5) is 0. The lowest BCUT2D eigenvalue weighted by Gasteiger charge is -2.13. The molecule has 154 valence electrons. The highest BCUT2D eigenvalue weighted by Crippen LogP contribution is 2.40. The minimum Gasteiger partial charge on any atom is -0.103 e. The van der Waals surface area contributed by atoms with E-state index in [4.69, 9.17) is 0 Å². The first-order chi connectivity index (χ1) is 11.1. The second kappa shape index (κ2) is 17.0. The predicted molar refractivity (Wildman–Crippen MR) is 133 cm³/mol. The van der Waals surface area contributed by atoms with E-state index in [2.05, 4.69) is 82.5 Å². The quantitative estimate of drug-likeness (QED) is 0.246. The molecule has 6 unspecified atom stereocenters. The summed E-state index contributed by atoms with van der Waals surface area (Å²) in [5.41, 5.74) is 0. The molecule has 0 spiro atoms. The molecule has 0 bridgehead atoms. The van der Waals surface area contributed by atoms with Gasteiger partial charge in [0.25, 0.3) is 0 Å². The molecule has 26 heavy (non-hydrogen) atoms. The van der Waals surface area contributed by atoms with Crippen LogP contribution in [0.1, 0.15) is 54.4 Å². The zero-order chi connectivity index (χ0) is 17.2. The van der Waals surface area contributed by atoms with Crippen molar-refractivity contribution < 1.29 is 0 Å². The molecule has 0 aliphatic heterocycles. The minimum atomic E-state index is 0. The number of halogens is 2. The average Bonchev–Trinajstić information content (AvgIpc) is 3.18. The second-order valence-corrected chi connectivity index (χ2v) is 8.33. The molecule has 0 aromatic rings. The van der Waals surface area contributed by atoms with Crippen LogP contribution in [-0.4, -0.2) is 10.7 Å². The van der Waals surface area contributed by atoms with Gasteiger partial charge in [0.15, 0.2) is 0 Å². The first-order valence-corrected chi connectivity index (χ1v) is 11.0. The molecule has 0 aromatic heterocycles. The van der Waals surface area contributed by atoms with Crippen LogP contribution in [0, 0.1) is 35.5 Å². The standard InChI is InChI=1S/C11H17Br.C10H15Br.3CH4/c1-3-9-7-10(4-2)11(8-9)5-6-12;1-3-8-5-9(4-2)10(6-8)7-11;;;/h3-4,9-11H,1-2,5-8H2;3-4,8-10H,1-2,5-7H2;3*1H4. The predicted octanol–water partition coefficient (Wildman–Crippen LogP) is 9.09. The van der Waals surface area contributed by atoms with Crippen LogP contribution in [-0.2, 0) is 0 Å². The Hall–Kier alpha value is -0.0800. The van der Waals surface area contributed by atoms with Gasteiger partial charge in [-0.3, -0.25) is 0 Å². The van der Waals surface area contributed by atoms with Crippen molar-refractivity contribution in [2.45, 2.75) is 54.4 Å². The van der Waals surface area contributed by atoms with E-state index in [1.54, 1.807) is 0 Å². The van der Waals surface area contributed by atoms with Gasteiger partial charge in [-0.1, -0.05) is 78.4 Å². The third-order valence-electron chi connectivity index (χ3n) is 5.52. The summed E-state index contributed by atoms with van der Waals surface area (Å²) in [5.74, 6) is 4.51. The molecule has 0 N–H and O–H groups in total. The fourth-order valence-corrected chi connectivity index (χ4v) is 5.35. The highest BCUT2D eigenvalue weighted by Gasteiger charge is 2.30. The molecule has 0 nitrogen and oxygen atoms in total. The first-order valence-electron chi connectivity index (χ1n) is 8.75. The summed E-state index contributed by atoms with van der Waals surface area (Å²) in [6, 6.07) is 0. The lowest BCUT2D eigenvalue weighted by Crippen LogP contribution is -2.05. The topological polar surface area (TPSA) is 0 Å². The number of hydrogen-bond donors (Lipinski definition) is 0. The Labute approximate surface area is 182 Å². The normalized spacial score (nSPS) is 31.8. The van der Waals surface area contributed by atoms with Crippen LogP contribution in [0.3, 0.4) is 0 Å². The average molecular weight is 492 g/mol. The van der Waals surface area contributed by atoms with E-state index in [1.807, 2.05) is 0 Å². The number of rotatable bonds is 7. The number of allylic oxidation sites excluding steroid dienone is 4. The van der Waals surface area contributed by atoms with Gasteiger partial charge in [-0.25, -0.2) is 0 Å². The molecule has 2 saturated carbocycles. The summed E-state index contributed by atoms with van der Waals surface area (Å²) >= 11 is 7.03. The maximum atomic E-state index is 3.89. The van der Waals surface area contributed by atoms with Crippen molar-refractivity contribution in [3.8, 4) is 0 Å². The third kappa shape index (κ3) is 9.22. The van der Waals surface area contributed by atoms with Crippen molar-refractivity contribution in [3.63, 3.8) is 0 Å². The Morgan fingerprint density at radius 2 is 1.08 bits per heavy atom. The van der Waals surface area contributed by atoms with Gasteiger partial charge in [0.2, 0.25) is 0 Å². The smallest absolute Gasteiger partial charge is 0.00655 e. The van der Waals surface area contributed by atoms with Crippen molar-refractivity contribution in [3.05, 3.63) is 50.6 Å². The summed E-state index contributed by atoms with van der Waals surface area (Å²) in [6.07, 6.45) is 14.8. The van der Waals surface area contributed by atoms with Crippen molar-refractivity contribution in [1.29, 1.82) is 0 Å². The molecular formula is C24H44Br2. The zero-order valence-corrected chi connectivity index (χ0v) is 17.5. The molecule has 0 saturated heterocycles. The van der Waals surface area contributed by atoms with E-state index < -0.39 is 0 Å². The van der Waals surface area contributed by atoms with E-state index in [1.165, 1.54) is 32.1 Å². The molecule has 2 aliphatic carbocycles. The van der Waals surface area contributed by atoms with Crippen LogP contribution in [0.5, 0.6) is 0 Å². The molecule has 0 radical (unpaired) electrons. The summed E-state index contributed by atoms with van der Waals surface area (Å²) in [6.45, 7) is 15.4. The van der Waals surface area contributed by atoms with E-state index in [-0.39, 0.29) is 22.3 Å². The second-order valence-electron chi connectivity index (χ2n) is 6.89. The fraction of sp³-hybridized carbons (Fsp3) is 0.667. The number of hydrogen-bond acceptors (Lipinski definition) is 0. The van der Waals surface area contributed by atoms with E-state index in [0.717, 1.165) is 40.2 Å². The van der Waals surface area contributed by atoms with Crippen LogP contribution in [0.2, 0.25) is 0 Å². The molecule has 0 heterocycles. The van der Waals surface area contributed by atoms with Crippen LogP contribution >= 0.6 is 31.9 Å². The molecule has 0 aromatic carbocycles. The molecule has 2 rings (SSSR count). The lowest BCUT2D eigenvalue weighted by atomic mass is 9.94. The third-order valence-corrected chi connectivity index (χ3v) is 6.81. The molecule has 6 atom stereocenters. The van der Waals surface area contributed by atoms with Crippen LogP contribution in [0.25, 0.3) is 0 Å². The Morgan fingerprint density at radius 1 is 0.654 bits per heavy atom. The molecule has 2 heteroatoms. The zero-order valence-electron chi connectivity index (χ0n) is 14.3. The highest BCUT2D eigenvalue weighted by atomic mass is 79.9. The maximum Gasteiger partial charge on any atom is 0.00655 e. The monoisotopic (exact) mass is 490 g/mol. The van der Waals surface area contributed by atoms with Gasteiger partial charge in [0.05, 0.1) is 0 Å². The van der Waals surface area contributed by atoms with Crippen LogP contribution in [0.4, 0.5) is 0 Å². The minimum absolute atomic E-state index is 0. The first kappa shape index (κ1) is 30.6. The van der Waals surface area contributed by atoms with Gasteiger partial charge in [-0.05, 0) is 67.6 Å². The molecular weight excluding hydrogens is 448 g/mol. The van der Waals surface area contributed by atoms with E-state index in [9.17, 15) is 0 Å². The molecule has 2 fully saturated rings. The van der Waals surface area contributed by atoms with Gasteiger partial charge in [-0.15, -0.1) is 26.3 Å². The molecule has 0 amide bonds. The summed E-state index contributed by atoms with van der Waals surface area (Å²) < 4.78 is 0. The SMILES string of the molecule is C.C.C.C=CC1CC(C=C)C(CBr)C1.C=CC1CC(C=C)C(CCBr)C1. The summed E-state index contributed by atoms with van der Waals surface area (Å²) in [7, 11) is 0. The van der Waals surface area contributed by atoms with Gasteiger partial charge >= 0.3 is 0 Å². The van der Waals surface area contributed by atoms with Gasteiger partial charge in [0, 0.05) is 10.7 Å². The van der Waals surface area contributed by atoms with Crippen molar-refractivity contribution >= 4 is 31.9 Å². The van der Waals surface area contributed by atoms with E-state index in [0.29, 0.717) is 5.92 Å². The van der Waals surface area contributed by atoms with Gasteiger partial charge in [-0.2, -0.15) is 0 Å². The largest absolute Gasteiger partial charge is 0.103 e. The summed E-state index contributed by atoms with van der Waals surface area (Å²) in [5, 5.41) is 2.22. The van der Waals surface area contributed by atoms with E-state index >= 15 is 0 Å². The Bertz CT molecular complexity index is 388. The fourth-order valence-electron chi connectivity index (χ4n) is 4.02. The molecule has 2 aliphatic rings. The highest BCUT2D eigenvalue weighted by molar-refractivity contribution is 9.09. The lowest BCUT2D eigenvalue weighted by molar-refractivity contribution is 0.448. The number of alkyl halides is 2.